The van der Waals surface area contributed by atoms with E-state index in [0.717, 1.165) is 32.3 Å². The Kier molecular flexibility index (Phi) is 8.95. The molecule has 5 rings (SSSR count). The van der Waals surface area contributed by atoms with E-state index < -0.39 is 0 Å². The highest BCUT2D eigenvalue weighted by Gasteiger charge is 2.47. The summed E-state index contributed by atoms with van der Waals surface area (Å²) < 4.78 is 0. The molecule has 0 spiro atoms. The highest BCUT2D eigenvalue weighted by atomic mass is 31.1. The van der Waals surface area contributed by atoms with Gasteiger partial charge < -0.3 is 10.6 Å². The summed E-state index contributed by atoms with van der Waals surface area (Å²) in [4.78, 5) is 0. The quantitative estimate of drug-likeness (QED) is 0.276. The van der Waals surface area contributed by atoms with Crippen molar-refractivity contribution in [3.63, 3.8) is 0 Å². The molecule has 0 aliphatic carbocycles. The van der Waals surface area contributed by atoms with E-state index >= 15 is 0 Å². The van der Waals surface area contributed by atoms with Crippen molar-refractivity contribution in [1.82, 2.24) is 10.6 Å². The van der Waals surface area contributed by atoms with E-state index in [4.69, 9.17) is 0 Å². The fraction of sp³-hybridized carbons (Fsp3) is 0.500. The Labute approximate surface area is 247 Å². The molecule has 2 fully saturated rings. The van der Waals surface area contributed by atoms with Gasteiger partial charge in [0.1, 0.15) is 0 Å². The van der Waals surface area contributed by atoms with Crippen LogP contribution in [0.25, 0.3) is 22.3 Å². The molecule has 0 aromatic heterocycles. The SMILES string of the molecule is CC(C)(C)P(Cc1cc(-c2ccccc2)c(-c2ccccc2)cc1C(P)(C1CCNC1)C1CCNC1)C(C)(C)C. The molecule has 2 heterocycles. The summed E-state index contributed by atoms with van der Waals surface area (Å²) in [7, 11) is 3.22. The molecule has 2 N–H and O–H groups in total. The van der Waals surface area contributed by atoms with Gasteiger partial charge in [-0.3, -0.25) is 0 Å². The molecule has 4 heteroatoms. The molecule has 0 saturated carbocycles. The maximum Gasteiger partial charge on any atom is 0.0182 e. The van der Waals surface area contributed by atoms with Crippen LogP contribution in [-0.2, 0) is 11.3 Å². The van der Waals surface area contributed by atoms with Gasteiger partial charge in [-0.05, 0) is 113 Å². The first kappa shape index (κ1) is 29.9. The summed E-state index contributed by atoms with van der Waals surface area (Å²) in [5, 5.41) is 8.04. The number of hydrogen-bond donors (Lipinski definition) is 2. The lowest BCUT2D eigenvalue weighted by Gasteiger charge is -2.45. The van der Waals surface area contributed by atoms with Crippen LogP contribution in [0.15, 0.2) is 72.8 Å². The lowest BCUT2D eigenvalue weighted by Crippen LogP contribution is -2.40. The Hall–Kier alpha value is -1.56. The highest BCUT2D eigenvalue weighted by molar-refractivity contribution is 7.60. The standard InChI is InChI=1S/C36H50N2P2/c1-34(2,3)40(35(4,5)6)25-28-21-31(26-13-9-7-10-14-26)32(27-15-11-8-12-16-27)22-33(28)36(39,29-17-19-37-23-29)30-18-20-38-24-30/h7-16,21-22,29-30,37-38H,17-20,23-25,39H2,1-6H3. The van der Waals surface area contributed by atoms with Crippen LogP contribution in [0, 0.1) is 11.8 Å². The topological polar surface area (TPSA) is 24.1 Å². The molecule has 2 saturated heterocycles. The molecule has 0 radical (unpaired) electrons. The van der Waals surface area contributed by atoms with E-state index in [1.807, 2.05) is 0 Å². The smallest absolute Gasteiger partial charge is 0.0182 e. The first-order chi connectivity index (χ1) is 19.0. The predicted molar refractivity (Wildman–Crippen MR) is 181 cm³/mol. The van der Waals surface area contributed by atoms with Gasteiger partial charge in [0, 0.05) is 5.16 Å². The zero-order chi connectivity index (χ0) is 28.5. The molecular formula is C36H50N2P2. The summed E-state index contributed by atoms with van der Waals surface area (Å²) >= 11 is 0. The van der Waals surface area contributed by atoms with E-state index in [2.05, 4.69) is 134 Å². The largest absolute Gasteiger partial charge is 0.316 e. The second-order valence-electron chi connectivity index (χ2n) is 14.0. The molecule has 3 aromatic rings. The van der Waals surface area contributed by atoms with Gasteiger partial charge >= 0.3 is 0 Å². The van der Waals surface area contributed by atoms with Gasteiger partial charge in [-0.25, -0.2) is 0 Å². The minimum absolute atomic E-state index is 0.0395. The Morgan fingerprint density at radius 2 is 1.15 bits per heavy atom. The highest BCUT2D eigenvalue weighted by Crippen LogP contribution is 2.63. The van der Waals surface area contributed by atoms with Crippen molar-refractivity contribution in [2.75, 3.05) is 26.2 Å². The number of rotatable bonds is 7. The Balaban J connectivity index is 1.80. The van der Waals surface area contributed by atoms with E-state index in [9.17, 15) is 0 Å². The number of benzene rings is 3. The van der Waals surface area contributed by atoms with Crippen molar-refractivity contribution in [2.24, 2.45) is 11.8 Å². The number of hydrogen-bond acceptors (Lipinski definition) is 2. The van der Waals surface area contributed by atoms with E-state index in [0.29, 0.717) is 11.8 Å². The molecular weight excluding hydrogens is 522 g/mol. The molecule has 3 aromatic carbocycles. The minimum atomic E-state index is -0.292. The third-order valence-electron chi connectivity index (χ3n) is 9.30. The van der Waals surface area contributed by atoms with Crippen molar-refractivity contribution in [1.29, 1.82) is 0 Å². The fourth-order valence-electron chi connectivity index (χ4n) is 7.44. The summed E-state index contributed by atoms with van der Waals surface area (Å²) in [6.45, 7) is 19.3. The van der Waals surface area contributed by atoms with Gasteiger partial charge in [0.15, 0.2) is 0 Å². The predicted octanol–water partition coefficient (Wildman–Crippen LogP) is 8.89. The molecule has 3 atom stereocenters. The lowest BCUT2D eigenvalue weighted by molar-refractivity contribution is 0.299. The third-order valence-corrected chi connectivity index (χ3v) is 14.4. The summed E-state index contributed by atoms with van der Waals surface area (Å²) in [6.07, 6.45) is 3.64. The lowest BCUT2D eigenvalue weighted by atomic mass is 9.72. The molecule has 3 unspecified atom stereocenters. The van der Waals surface area contributed by atoms with Crippen molar-refractivity contribution >= 4 is 17.2 Å². The van der Waals surface area contributed by atoms with E-state index in [1.165, 1.54) is 35.1 Å². The zero-order valence-electron chi connectivity index (χ0n) is 25.6. The maximum atomic E-state index is 3.73. The van der Waals surface area contributed by atoms with Gasteiger partial charge in [-0.1, -0.05) is 110 Å². The fourth-order valence-corrected chi connectivity index (χ4v) is 11.8. The van der Waals surface area contributed by atoms with Gasteiger partial charge in [-0.2, -0.15) is 0 Å². The van der Waals surface area contributed by atoms with Crippen LogP contribution in [0.4, 0.5) is 0 Å². The Bertz CT molecular complexity index is 1230. The van der Waals surface area contributed by atoms with Crippen LogP contribution < -0.4 is 10.6 Å². The van der Waals surface area contributed by atoms with E-state index in [-0.39, 0.29) is 23.4 Å². The molecule has 0 amide bonds. The first-order valence-electron chi connectivity index (χ1n) is 15.3. The molecule has 2 nitrogen and oxygen atoms in total. The number of nitrogens with one attached hydrogen (secondary N) is 2. The third kappa shape index (κ3) is 6.13. The first-order valence-corrected chi connectivity index (χ1v) is 17.4. The van der Waals surface area contributed by atoms with E-state index in [1.54, 1.807) is 11.1 Å². The van der Waals surface area contributed by atoms with Crippen LogP contribution in [0.5, 0.6) is 0 Å². The summed E-state index contributed by atoms with van der Waals surface area (Å²) in [5.74, 6) is 1.23. The van der Waals surface area contributed by atoms with Crippen molar-refractivity contribution < 1.29 is 0 Å². The van der Waals surface area contributed by atoms with Gasteiger partial charge in [-0.15, -0.1) is 9.24 Å². The van der Waals surface area contributed by atoms with Crippen LogP contribution >= 0.6 is 17.2 Å². The summed E-state index contributed by atoms with van der Waals surface area (Å²) in [5.41, 5.74) is 8.51. The normalized spacial score (nSPS) is 21.6. The van der Waals surface area contributed by atoms with Crippen LogP contribution in [0.1, 0.15) is 65.5 Å². The Morgan fingerprint density at radius 3 is 1.55 bits per heavy atom. The molecule has 0 bridgehead atoms. The van der Waals surface area contributed by atoms with Crippen molar-refractivity contribution in [3.05, 3.63) is 83.9 Å². The molecule has 2 aliphatic rings. The molecule has 2 aliphatic heterocycles. The van der Waals surface area contributed by atoms with Crippen molar-refractivity contribution in [2.45, 2.75) is 76.0 Å². The average molecular weight is 573 g/mol. The van der Waals surface area contributed by atoms with Crippen LogP contribution in [0.2, 0.25) is 0 Å². The minimum Gasteiger partial charge on any atom is -0.316 e. The van der Waals surface area contributed by atoms with Gasteiger partial charge in [0.2, 0.25) is 0 Å². The zero-order valence-corrected chi connectivity index (χ0v) is 27.6. The maximum absolute atomic E-state index is 3.73. The Morgan fingerprint density at radius 1 is 0.700 bits per heavy atom. The molecule has 40 heavy (non-hydrogen) atoms. The van der Waals surface area contributed by atoms with Crippen LogP contribution in [-0.4, -0.2) is 36.5 Å². The monoisotopic (exact) mass is 572 g/mol. The van der Waals surface area contributed by atoms with Gasteiger partial charge in [0.05, 0.1) is 0 Å². The van der Waals surface area contributed by atoms with Crippen molar-refractivity contribution in [3.8, 4) is 22.3 Å². The average Bonchev–Trinajstić information content (AvgIpc) is 3.66. The second-order valence-corrected chi connectivity index (χ2v) is 18.8. The summed E-state index contributed by atoms with van der Waals surface area (Å²) in [6, 6.07) is 27.4. The van der Waals surface area contributed by atoms with Crippen LogP contribution in [0.3, 0.4) is 0 Å². The van der Waals surface area contributed by atoms with Gasteiger partial charge in [0.25, 0.3) is 0 Å². The molecule has 214 valence electrons. The second kappa shape index (κ2) is 12.0.